The molecular formula is C13H16O3. The van der Waals surface area contributed by atoms with E-state index in [-0.39, 0.29) is 11.8 Å². The van der Waals surface area contributed by atoms with Crippen molar-refractivity contribution in [2.24, 2.45) is 5.41 Å². The predicted octanol–water partition coefficient (Wildman–Crippen LogP) is 2.84. The third-order valence-electron chi connectivity index (χ3n) is 2.04. The highest BCUT2D eigenvalue weighted by atomic mass is 16.5. The number of ether oxygens (including phenoxy) is 1. The van der Waals surface area contributed by atoms with Gasteiger partial charge in [-0.3, -0.25) is 9.59 Å². The van der Waals surface area contributed by atoms with E-state index in [9.17, 15) is 9.59 Å². The van der Waals surface area contributed by atoms with E-state index in [4.69, 9.17) is 4.74 Å². The third kappa shape index (κ3) is 3.19. The van der Waals surface area contributed by atoms with E-state index < -0.39 is 5.41 Å². The summed E-state index contributed by atoms with van der Waals surface area (Å²) in [5.74, 6) is 0.0458. The first kappa shape index (κ1) is 12.4. The van der Waals surface area contributed by atoms with E-state index in [0.29, 0.717) is 11.3 Å². The normalized spacial score (nSPS) is 11.0. The molecule has 1 aromatic rings. The van der Waals surface area contributed by atoms with Gasteiger partial charge in [-0.15, -0.1) is 0 Å². The fraction of sp³-hybridized carbons (Fsp3) is 0.385. The Balaban J connectivity index is 2.99. The van der Waals surface area contributed by atoms with Crippen LogP contribution in [0.15, 0.2) is 24.3 Å². The van der Waals surface area contributed by atoms with Gasteiger partial charge in [0.1, 0.15) is 5.75 Å². The van der Waals surface area contributed by atoms with Crippen LogP contribution in [0.3, 0.4) is 0 Å². The van der Waals surface area contributed by atoms with Gasteiger partial charge in [-0.1, -0.05) is 32.9 Å². The summed E-state index contributed by atoms with van der Waals surface area (Å²) < 4.78 is 4.93. The molecule has 3 nitrogen and oxygen atoms in total. The van der Waals surface area contributed by atoms with Gasteiger partial charge in [0.15, 0.2) is 5.78 Å². The molecule has 1 rings (SSSR count). The highest BCUT2D eigenvalue weighted by Gasteiger charge is 2.23. The summed E-state index contributed by atoms with van der Waals surface area (Å²) in [6, 6.07) is 6.67. The van der Waals surface area contributed by atoms with Crippen LogP contribution in [0.2, 0.25) is 0 Å². The zero-order chi connectivity index (χ0) is 12.3. The van der Waals surface area contributed by atoms with Gasteiger partial charge in [-0.2, -0.15) is 0 Å². The second kappa shape index (κ2) is 4.47. The van der Waals surface area contributed by atoms with Gasteiger partial charge in [0.2, 0.25) is 0 Å². The number of ketones is 1. The van der Waals surface area contributed by atoms with Crippen LogP contribution in [-0.4, -0.2) is 11.8 Å². The molecule has 0 atom stereocenters. The quantitative estimate of drug-likeness (QED) is 0.437. The van der Waals surface area contributed by atoms with Gasteiger partial charge in [0, 0.05) is 17.9 Å². The molecule has 0 saturated heterocycles. The maximum absolute atomic E-state index is 12.0. The number of carbonyl (C=O) groups excluding carboxylic acids is 2. The highest BCUT2D eigenvalue weighted by molar-refractivity contribution is 6.00. The number of Topliss-reactive ketones (excluding diaryl/α,β-unsaturated/α-hetero) is 1. The van der Waals surface area contributed by atoms with Gasteiger partial charge in [-0.05, 0) is 12.1 Å². The van der Waals surface area contributed by atoms with Crippen molar-refractivity contribution in [2.45, 2.75) is 27.7 Å². The van der Waals surface area contributed by atoms with E-state index >= 15 is 0 Å². The van der Waals surface area contributed by atoms with Crippen molar-refractivity contribution in [1.29, 1.82) is 0 Å². The Kier molecular flexibility index (Phi) is 3.48. The molecule has 0 aromatic heterocycles. The van der Waals surface area contributed by atoms with E-state index in [1.807, 2.05) is 20.8 Å². The fourth-order valence-electron chi connectivity index (χ4n) is 1.30. The van der Waals surface area contributed by atoms with Gasteiger partial charge in [0.05, 0.1) is 0 Å². The molecule has 0 aliphatic rings. The number of carbonyl (C=O) groups is 2. The lowest BCUT2D eigenvalue weighted by molar-refractivity contribution is -0.131. The van der Waals surface area contributed by atoms with E-state index in [2.05, 4.69) is 0 Å². The van der Waals surface area contributed by atoms with Crippen LogP contribution in [0.25, 0.3) is 0 Å². The Morgan fingerprint density at radius 1 is 1.19 bits per heavy atom. The monoisotopic (exact) mass is 220 g/mol. The molecule has 0 N–H and O–H groups in total. The van der Waals surface area contributed by atoms with Crippen LogP contribution >= 0.6 is 0 Å². The minimum Gasteiger partial charge on any atom is -0.427 e. The summed E-state index contributed by atoms with van der Waals surface area (Å²) in [5.41, 5.74) is 0.126. The van der Waals surface area contributed by atoms with Crippen LogP contribution < -0.4 is 4.74 Å². The molecule has 0 heterocycles. The minimum absolute atomic E-state index is 0.0292. The molecule has 0 aliphatic carbocycles. The molecule has 0 fully saturated rings. The summed E-state index contributed by atoms with van der Waals surface area (Å²) in [6.45, 7) is 6.90. The van der Waals surface area contributed by atoms with Crippen molar-refractivity contribution in [3.05, 3.63) is 29.8 Å². The molecule has 0 bridgehead atoms. The number of rotatable bonds is 2. The molecule has 1 aromatic carbocycles. The topological polar surface area (TPSA) is 43.4 Å². The SMILES string of the molecule is CC(=O)Oc1cccc(C(=O)C(C)(C)C)c1. The summed E-state index contributed by atoms with van der Waals surface area (Å²) >= 11 is 0. The number of esters is 1. The van der Waals surface area contributed by atoms with E-state index in [0.717, 1.165) is 0 Å². The second-order valence-electron chi connectivity index (χ2n) is 4.70. The van der Waals surface area contributed by atoms with Crippen molar-refractivity contribution < 1.29 is 14.3 Å². The molecule has 0 aliphatic heterocycles. The second-order valence-corrected chi connectivity index (χ2v) is 4.70. The Hall–Kier alpha value is -1.64. The molecule has 16 heavy (non-hydrogen) atoms. The van der Waals surface area contributed by atoms with Crippen molar-refractivity contribution in [2.75, 3.05) is 0 Å². The molecule has 0 amide bonds. The van der Waals surface area contributed by atoms with Crippen LogP contribution in [0, 0.1) is 5.41 Å². The van der Waals surface area contributed by atoms with Crippen molar-refractivity contribution in [3.8, 4) is 5.75 Å². The first-order valence-corrected chi connectivity index (χ1v) is 5.14. The number of hydrogen-bond donors (Lipinski definition) is 0. The maximum atomic E-state index is 12.0. The van der Waals surface area contributed by atoms with E-state index in [1.165, 1.54) is 6.92 Å². The van der Waals surface area contributed by atoms with Gasteiger partial charge >= 0.3 is 5.97 Å². The fourth-order valence-corrected chi connectivity index (χ4v) is 1.30. The molecule has 86 valence electrons. The van der Waals surface area contributed by atoms with Gasteiger partial charge < -0.3 is 4.74 Å². The lowest BCUT2D eigenvalue weighted by Crippen LogP contribution is -2.20. The molecule has 0 saturated carbocycles. The first-order chi connectivity index (χ1) is 7.30. The molecule has 3 heteroatoms. The largest absolute Gasteiger partial charge is 0.427 e. The summed E-state index contributed by atoms with van der Waals surface area (Å²) in [4.78, 5) is 22.7. The zero-order valence-corrected chi connectivity index (χ0v) is 10.0. The van der Waals surface area contributed by atoms with Gasteiger partial charge in [0.25, 0.3) is 0 Å². The van der Waals surface area contributed by atoms with Crippen LogP contribution in [-0.2, 0) is 4.79 Å². The Labute approximate surface area is 95.4 Å². The van der Waals surface area contributed by atoms with Crippen molar-refractivity contribution in [1.82, 2.24) is 0 Å². The average Bonchev–Trinajstić information content (AvgIpc) is 2.14. The summed E-state index contributed by atoms with van der Waals surface area (Å²) in [7, 11) is 0. The van der Waals surface area contributed by atoms with Crippen LogP contribution in [0.5, 0.6) is 5.75 Å². The Bertz CT molecular complexity index is 413. The van der Waals surface area contributed by atoms with Gasteiger partial charge in [-0.25, -0.2) is 0 Å². The van der Waals surface area contributed by atoms with Crippen LogP contribution in [0.4, 0.5) is 0 Å². The minimum atomic E-state index is -0.436. The first-order valence-electron chi connectivity index (χ1n) is 5.14. The lowest BCUT2D eigenvalue weighted by atomic mass is 9.86. The average molecular weight is 220 g/mol. The zero-order valence-electron chi connectivity index (χ0n) is 10.0. The third-order valence-corrected chi connectivity index (χ3v) is 2.04. The Morgan fingerprint density at radius 2 is 1.81 bits per heavy atom. The van der Waals surface area contributed by atoms with Crippen molar-refractivity contribution in [3.63, 3.8) is 0 Å². The van der Waals surface area contributed by atoms with E-state index in [1.54, 1.807) is 24.3 Å². The molecule has 0 radical (unpaired) electrons. The molecule has 0 spiro atoms. The summed E-state index contributed by atoms with van der Waals surface area (Å²) in [6.07, 6.45) is 0. The molecule has 0 unspecified atom stereocenters. The van der Waals surface area contributed by atoms with Crippen LogP contribution in [0.1, 0.15) is 38.1 Å². The maximum Gasteiger partial charge on any atom is 0.308 e. The Morgan fingerprint density at radius 3 is 2.31 bits per heavy atom. The standard InChI is InChI=1S/C13H16O3/c1-9(14)16-11-7-5-6-10(8-11)12(15)13(2,3)4/h5-8H,1-4H3. The summed E-state index contributed by atoms with van der Waals surface area (Å²) in [5, 5.41) is 0. The van der Waals surface area contributed by atoms with Crippen molar-refractivity contribution >= 4 is 11.8 Å². The number of hydrogen-bond acceptors (Lipinski definition) is 3. The highest BCUT2D eigenvalue weighted by Crippen LogP contribution is 2.23. The molecular weight excluding hydrogens is 204 g/mol. The smallest absolute Gasteiger partial charge is 0.308 e. The lowest BCUT2D eigenvalue weighted by Gasteiger charge is -2.16. The number of benzene rings is 1. The predicted molar refractivity (Wildman–Crippen MR) is 61.5 cm³/mol.